The largest absolute Gasteiger partial charge is 0.481 e. The summed E-state index contributed by atoms with van der Waals surface area (Å²) in [5.74, 6) is -0.222. The second kappa shape index (κ2) is 6.21. The van der Waals surface area contributed by atoms with Crippen LogP contribution >= 0.6 is 0 Å². The molecule has 0 radical (unpaired) electrons. The number of rotatable bonds is 8. The maximum atomic E-state index is 10.6. The van der Waals surface area contributed by atoms with Gasteiger partial charge >= 0.3 is 5.97 Å². The lowest BCUT2D eigenvalue weighted by molar-refractivity contribution is -0.137. The zero-order chi connectivity index (χ0) is 12.1. The van der Waals surface area contributed by atoms with E-state index in [9.17, 15) is 4.79 Å². The molecule has 0 aromatic carbocycles. The molecule has 1 rings (SSSR count). The van der Waals surface area contributed by atoms with Crippen LogP contribution in [0, 0.1) is 5.92 Å². The summed E-state index contributed by atoms with van der Waals surface area (Å²) in [4.78, 5) is 13.0. The zero-order valence-corrected chi connectivity index (χ0v) is 10.5. The van der Waals surface area contributed by atoms with E-state index in [0.717, 1.165) is 0 Å². The van der Waals surface area contributed by atoms with Gasteiger partial charge in [-0.25, -0.2) is 0 Å². The lowest BCUT2D eigenvalue weighted by Gasteiger charge is -2.33. The minimum Gasteiger partial charge on any atom is -0.481 e. The van der Waals surface area contributed by atoms with Gasteiger partial charge in [0, 0.05) is 25.7 Å². The number of carbonyl (C=O) groups is 1. The van der Waals surface area contributed by atoms with Crippen LogP contribution in [-0.4, -0.2) is 48.3 Å². The molecule has 0 aliphatic heterocycles. The van der Waals surface area contributed by atoms with Gasteiger partial charge in [-0.05, 0) is 18.8 Å². The van der Waals surface area contributed by atoms with Crippen molar-refractivity contribution in [1.29, 1.82) is 0 Å². The van der Waals surface area contributed by atoms with Gasteiger partial charge < -0.3 is 9.84 Å². The van der Waals surface area contributed by atoms with Gasteiger partial charge in [-0.2, -0.15) is 0 Å². The highest BCUT2D eigenvalue weighted by Crippen LogP contribution is 2.30. The van der Waals surface area contributed by atoms with E-state index < -0.39 is 5.97 Å². The van der Waals surface area contributed by atoms with E-state index in [1.165, 1.54) is 12.8 Å². The first-order valence-corrected chi connectivity index (χ1v) is 6.02. The molecule has 0 saturated heterocycles. The quantitative estimate of drug-likeness (QED) is 0.687. The topological polar surface area (TPSA) is 49.8 Å². The Hall–Kier alpha value is -0.610. The summed E-state index contributed by atoms with van der Waals surface area (Å²) in [6.45, 7) is 5.67. The Kier molecular flexibility index (Phi) is 5.22. The summed E-state index contributed by atoms with van der Waals surface area (Å²) >= 11 is 0. The number of carboxylic acid groups (broad SMARTS) is 1. The minimum absolute atomic E-state index is 0.226. The average Bonchev–Trinajstić information content (AvgIpc) is 2.99. The molecule has 94 valence electrons. The second-order valence-electron chi connectivity index (χ2n) is 4.88. The molecule has 0 amide bonds. The third-order valence-corrected chi connectivity index (χ3v) is 3.13. The number of methoxy groups -OCH3 is 1. The highest BCUT2D eigenvalue weighted by molar-refractivity contribution is 5.66. The van der Waals surface area contributed by atoms with E-state index in [2.05, 4.69) is 18.7 Å². The van der Waals surface area contributed by atoms with E-state index in [-0.39, 0.29) is 6.42 Å². The van der Waals surface area contributed by atoms with Crippen molar-refractivity contribution in [3.8, 4) is 0 Å². The summed E-state index contributed by atoms with van der Waals surface area (Å²) in [6, 6.07) is 0.929. The summed E-state index contributed by atoms with van der Waals surface area (Å²) in [5.41, 5.74) is 0. The van der Waals surface area contributed by atoms with Gasteiger partial charge in [-0.1, -0.05) is 13.8 Å². The van der Waals surface area contributed by atoms with Crippen LogP contribution in [0.3, 0.4) is 0 Å². The van der Waals surface area contributed by atoms with Crippen LogP contribution in [0.4, 0.5) is 0 Å². The number of nitrogens with zero attached hydrogens (tertiary/aromatic N) is 1. The number of carboxylic acids is 1. The summed E-state index contributed by atoms with van der Waals surface area (Å²) < 4.78 is 5.24. The van der Waals surface area contributed by atoms with E-state index in [1.807, 2.05) is 0 Å². The summed E-state index contributed by atoms with van der Waals surface area (Å²) in [6.07, 6.45) is 2.63. The van der Waals surface area contributed by atoms with Crippen LogP contribution < -0.4 is 0 Å². The van der Waals surface area contributed by atoms with Gasteiger partial charge in [0.25, 0.3) is 0 Å². The Morgan fingerprint density at radius 2 is 2.12 bits per heavy atom. The Bertz CT molecular complexity index is 226. The van der Waals surface area contributed by atoms with Gasteiger partial charge in [0.2, 0.25) is 0 Å². The molecule has 1 unspecified atom stereocenters. The fourth-order valence-electron chi connectivity index (χ4n) is 2.09. The molecule has 1 aliphatic carbocycles. The van der Waals surface area contributed by atoms with Crippen LogP contribution in [0.5, 0.6) is 0 Å². The smallest absolute Gasteiger partial charge is 0.304 e. The first-order valence-electron chi connectivity index (χ1n) is 6.02. The molecule has 4 nitrogen and oxygen atoms in total. The van der Waals surface area contributed by atoms with Crippen LogP contribution in [0.1, 0.15) is 33.1 Å². The van der Waals surface area contributed by atoms with Crippen molar-refractivity contribution < 1.29 is 14.6 Å². The maximum absolute atomic E-state index is 10.6. The minimum atomic E-state index is -0.717. The first-order chi connectivity index (χ1) is 7.56. The second-order valence-corrected chi connectivity index (χ2v) is 4.88. The summed E-state index contributed by atoms with van der Waals surface area (Å²) in [7, 11) is 1.71. The SMILES string of the molecule is COCC(C(C)C)N(CCC(=O)O)C1CC1. The fraction of sp³-hybridized carbons (Fsp3) is 0.917. The lowest BCUT2D eigenvalue weighted by atomic mass is 10.0. The van der Waals surface area contributed by atoms with Crippen LogP contribution in [-0.2, 0) is 9.53 Å². The molecule has 0 bridgehead atoms. The van der Waals surface area contributed by atoms with Crippen molar-refractivity contribution in [2.24, 2.45) is 5.92 Å². The number of hydrogen-bond acceptors (Lipinski definition) is 3. The Morgan fingerprint density at radius 1 is 1.50 bits per heavy atom. The third kappa shape index (κ3) is 4.10. The molecule has 0 heterocycles. The molecular formula is C12H23NO3. The van der Waals surface area contributed by atoms with Gasteiger partial charge in [-0.3, -0.25) is 9.69 Å². The molecular weight excluding hydrogens is 206 g/mol. The van der Waals surface area contributed by atoms with E-state index in [0.29, 0.717) is 31.2 Å². The van der Waals surface area contributed by atoms with Crippen molar-refractivity contribution in [1.82, 2.24) is 4.90 Å². The average molecular weight is 229 g/mol. The Labute approximate surface area is 97.6 Å². The summed E-state index contributed by atoms with van der Waals surface area (Å²) in [5, 5.41) is 8.76. The number of ether oxygens (including phenoxy) is 1. The van der Waals surface area contributed by atoms with Crippen LogP contribution in [0.25, 0.3) is 0 Å². The molecule has 1 N–H and O–H groups in total. The lowest BCUT2D eigenvalue weighted by Crippen LogP contribution is -2.44. The molecule has 1 aliphatic rings. The van der Waals surface area contributed by atoms with Crippen LogP contribution in [0.2, 0.25) is 0 Å². The monoisotopic (exact) mass is 229 g/mol. The van der Waals surface area contributed by atoms with E-state index in [4.69, 9.17) is 9.84 Å². The third-order valence-electron chi connectivity index (χ3n) is 3.13. The van der Waals surface area contributed by atoms with Crippen molar-refractivity contribution in [2.75, 3.05) is 20.3 Å². The molecule has 0 spiro atoms. The number of hydrogen-bond donors (Lipinski definition) is 1. The first kappa shape index (κ1) is 13.5. The van der Waals surface area contributed by atoms with Crippen LogP contribution in [0.15, 0.2) is 0 Å². The van der Waals surface area contributed by atoms with Crippen molar-refractivity contribution in [2.45, 2.75) is 45.2 Å². The van der Waals surface area contributed by atoms with Crippen molar-refractivity contribution in [3.63, 3.8) is 0 Å². The standard InChI is InChI=1S/C12H23NO3/c1-9(2)11(8-16-3)13(10-4-5-10)7-6-12(14)15/h9-11H,4-8H2,1-3H3,(H,14,15). The van der Waals surface area contributed by atoms with Gasteiger partial charge in [0.15, 0.2) is 0 Å². The van der Waals surface area contributed by atoms with Gasteiger partial charge in [0.1, 0.15) is 0 Å². The Morgan fingerprint density at radius 3 is 2.50 bits per heavy atom. The van der Waals surface area contributed by atoms with E-state index in [1.54, 1.807) is 7.11 Å². The normalized spacial score (nSPS) is 18.1. The van der Waals surface area contributed by atoms with Gasteiger partial charge in [0.05, 0.1) is 13.0 Å². The highest BCUT2D eigenvalue weighted by Gasteiger charge is 2.35. The highest BCUT2D eigenvalue weighted by atomic mass is 16.5. The molecule has 0 aromatic rings. The molecule has 16 heavy (non-hydrogen) atoms. The van der Waals surface area contributed by atoms with Crippen molar-refractivity contribution in [3.05, 3.63) is 0 Å². The Balaban J connectivity index is 2.54. The molecule has 0 aromatic heterocycles. The zero-order valence-electron chi connectivity index (χ0n) is 10.5. The molecule has 4 heteroatoms. The number of aliphatic carboxylic acids is 1. The predicted molar refractivity (Wildman–Crippen MR) is 62.5 cm³/mol. The van der Waals surface area contributed by atoms with Crippen molar-refractivity contribution >= 4 is 5.97 Å². The maximum Gasteiger partial charge on any atom is 0.304 e. The molecule has 1 atom stereocenters. The molecule has 1 saturated carbocycles. The molecule has 1 fully saturated rings. The van der Waals surface area contributed by atoms with Gasteiger partial charge in [-0.15, -0.1) is 0 Å². The predicted octanol–water partition coefficient (Wildman–Crippen LogP) is 1.60. The van der Waals surface area contributed by atoms with E-state index >= 15 is 0 Å². The fourth-order valence-corrected chi connectivity index (χ4v) is 2.09.